The second-order valence-electron chi connectivity index (χ2n) is 3.97. The summed E-state index contributed by atoms with van der Waals surface area (Å²) in [7, 11) is 0. The van der Waals surface area contributed by atoms with Gasteiger partial charge in [0.25, 0.3) is 0 Å². The summed E-state index contributed by atoms with van der Waals surface area (Å²) in [5.41, 5.74) is 0. The Morgan fingerprint density at radius 1 is 1.50 bits per heavy atom. The van der Waals surface area contributed by atoms with Crippen molar-refractivity contribution in [3.63, 3.8) is 0 Å². The topological polar surface area (TPSA) is 62.4 Å². The van der Waals surface area contributed by atoms with Crippen molar-refractivity contribution in [2.24, 2.45) is 0 Å². The fourth-order valence-corrected chi connectivity index (χ4v) is 1.50. The zero-order valence-electron chi connectivity index (χ0n) is 8.47. The van der Waals surface area contributed by atoms with Gasteiger partial charge in [0, 0.05) is 19.0 Å². The van der Waals surface area contributed by atoms with Crippen LogP contribution in [-0.2, 0) is 0 Å². The molecule has 0 aliphatic carbocycles. The molecule has 5 heteroatoms. The van der Waals surface area contributed by atoms with Crippen molar-refractivity contribution in [2.75, 3.05) is 18.0 Å². The predicted octanol–water partition coefficient (Wildman–Crippen LogP) is 0.764. The molecule has 1 aliphatic heterocycles. The smallest absolute Gasteiger partial charge is 0.318 e. The van der Waals surface area contributed by atoms with Gasteiger partial charge in [-0.25, -0.2) is 0 Å². The summed E-state index contributed by atoms with van der Waals surface area (Å²) in [6.07, 6.45) is 0.517. The number of rotatable bonds is 2. The van der Waals surface area contributed by atoms with Gasteiger partial charge in [-0.2, -0.15) is 0 Å². The molecule has 0 radical (unpaired) electrons. The van der Waals surface area contributed by atoms with E-state index in [0.29, 0.717) is 18.5 Å². The molecule has 1 saturated heterocycles. The van der Waals surface area contributed by atoms with Crippen molar-refractivity contribution in [3.05, 3.63) is 5.89 Å². The molecule has 0 spiro atoms. The first kappa shape index (κ1) is 9.45. The van der Waals surface area contributed by atoms with E-state index in [1.54, 1.807) is 0 Å². The first-order valence-corrected chi connectivity index (χ1v) is 4.93. The number of anilines is 1. The molecule has 0 amide bonds. The maximum absolute atomic E-state index is 9.35. The molecule has 1 N–H and O–H groups in total. The van der Waals surface area contributed by atoms with Gasteiger partial charge in [0.2, 0.25) is 5.89 Å². The third-order valence-electron chi connectivity index (χ3n) is 2.36. The van der Waals surface area contributed by atoms with Crippen LogP contribution in [0.3, 0.4) is 0 Å². The van der Waals surface area contributed by atoms with E-state index in [-0.39, 0.29) is 12.0 Å². The van der Waals surface area contributed by atoms with Crippen molar-refractivity contribution >= 4 is 6.01 Å². The number of aromatic nitrogens is 2. The minimum absolute atomic E-state index is 0.253. The van der Waals surface area contributed by atoms with Crippen molar-refractivity contribution in [2.45, 2.75) is 32.3 Å². The first-order valence-electron chi connectivity index (χ1n) is 4.93. The lowest BCUT2D eigenvalue weighted by atomic mass is 10.2. The zero-order chi connectivity index (χ0) is 10.1. The highest BCUT2D eigenvalue weighted by atomic mass is 16.4. The number of hydrogen-bond donors (Lipinski definition) is 1. The molecule has 2 heterocycles. The molecule has 14 heavy (non-hydrogen) atoms. The summed E-state index contributed by atoms with van der Waals surface area (Å²) >= 11 is 0. The number of aliphatic hydroxyl groups is 1. The van der Waals surface area contributed by atoms with E-state index in [4.69, 9.17) is 4.42 Å². The van der Waals surface area contributed by atoms with Crippen LogP contribution in [0, 0.1) is 0 Å². The fourth-order valence-electron chi connectivity index (χ4n) is 1.50. The van der Waals surface area contributed by atoms with Gasteiger partial charge < -0.3 is 14.4 Å². The van der Waals surface area contributed by atoms with Crippen molar-refractivity contribution in [3.8, 4) is 0 Å². The lowest BCUT2D eigenvalue weighted by Crippen LogP contribution is -2.21. The molecule has 2 rings (SSSR count). The number of hydrogen-bond acceptors (Lipinski definition) is 5. The van der Waals surface area contributed by atoms with E-state index < -0.39 is 0 Å². The Hall–Kier alpha value is -1.10. The maximum atomic E-state index is 9.35. The Bertz CT molecular complexity index is 311. The Morgan fingerprint density at radius 3 is 2.79 bits per heavy atom. The maximum Gasteiger partial charge on any atom is 0.318 e. The highest BCUT2D eigenvalue weighted by Crippen LogP contribution is 2.21. The molecule has 5 nitrogen and oxygen atoms in total. The third kappa shape index (κ3) is 1.72. The standard InChI is InChI=1S/C9H15N3O2/c1-6(2)8-10-11-9(14-8)12-4-3-7(13)5-12/h6-7,13H,3-5H2,1-2H3. The second-order valence-corrected chi connectivity index (χ2v) is 3.97. The number of aliphatic hydroxyl groups excluding tert-OH is 1. The molecule has 1 aliphatic rings. The molecule has 1 atom stereocenters. The molecule has 1 aromatic heterocycles. The molecule has 1 aromatic rings. The molecule has 0 aromatic carbocycles. The summed E-state index contributed by atoms with van der Waals surface area (Å²) in [5.74, 6) is 0.908. The van der Waals surface area contributed by atoms with Crippen LogP contribution < -0.4 is 4.90 Å². The molecule has 0 bridgehead atoms. The van der Waals surface area contributed by atoms with Crippen LogP contribution in [-0.4, -0.2) is 34.5 Å². The van der Waals surface area contributed by atoms with Crippen LogP contribution in [0.15, 0.2) is 4.42 Å². The normalized spacial score (nSPS) is 22.3. The summed E-state index contributed by atoms with van der Waals surface area (Å²) in [5, 5.41) is 17.2. The van der Waals surface area contributed by atoms with Crippen molar-refractivity contribution in [1.29, 1.82) is 0 Å². The van der Waals surface area contributed by atoms with Crippen molar-refractivity contribution < 1.29 is 9.52 Å². The monoisotopic (exact) mass is 197 g/mol. The van der Waals surface area contributed by atoms with Crippen LogP contribution in [0.2, 0.25) is 0 Å². The van der Waals surface area contributed by atoms with Gasteiger partial charge in [-0.15, -0.1) is 5.10 Å². The van der Waals surface area contributed by atoms with E-state index in [9.17, 15) is 5.11 Å². The molecule has 0 saturated carbocycles. The molecular formula is C9H15N3O2. The zero-order valence-corrected chi connectivity index (χ0v) is 8.47. The molecule has 1 fully saturated rings. The quantitative estimate of drug-likeness (QED) is 0.758. The highest BCUT2D eigenvalue weighted by Gasteiger charge is 2.24. The van der Waals surface area contributed by atoms with Gasteiger partial charge in [0.1, 0.15) is 0 Å². The van der Waals surface area contributed by atoms with Crippen LogP contribution in [0.4, 0.5) is 6.01 Å². The van der Waals surface area contributed by atoms with Crippen LogP contribution in [0.1, 0.15) is 32.1 Å². The molecule has 78 valence electrons. The summed E-state index contributed by atoms with van der Waals surface area (Å²) in [6, 6.07) is 0.533. The Balaban J connectivity index is 2.09. The number of β-amino-alcohol motifs (C(OH)–C–C–N with tert-alkyl or cyclic N) is 1. The average molecular weight is 197 g/mol. The number of nitrogens with zero attached hydrogens (tertiary/aromatic N) is 3. The third-order valence-corrected chi connectivity index (χ3v) is 2.36. The van der Waals surface area contributed by atoms with Gasteiger partial charge in [-0.1, -0.05) is 18.9 Å². The lowest BCUT2D eigenvalue weighted by molar-refractivity contribution is 0.198. The molecule has 1 unspecified atom stereocenters. The van der Waals surface area contributed by atoms with E-state index in [0.717, 1.165) is 13.0 Å². The predicted molar refractivity (Wildman–Crippen MR) is 51.2 cm³/mol. The Morgan fingerprint density at radius 2 is 2.29 bits per heavy atom. The van der Waals surface area contributed by atoms with Crippen LogP contribution >= 0.6 is 0 Å². The van der Waals surface area contributed by atoms with Gasteiger partial charge in [-0.05, 0) is 6.42 Å². The minimum Gasteiger partial charge on any atom is -0.408 e. The summed E-state index contributed by atoms with van der Waals surface area (Å²) in [4.78, 5) is 1.92. The van der Waals surface area contributed by atoms with Gasteiger partial charge in [-0.3, -0.25) is 0 Å². The average Bonchev–Trinajstić information content (AvgIpc) is 2.70. The van der Waals surface area contributed by atoms with E-state index in [1.807, 2.05) is 18.7 Å². The van der Waals surface area contributed by atoms with Gasteiger partial charge in [0.15, 0.2) is 0 Å². The highest BCUT2D eigenvalue weighted by molar-refractivity contribution is 5.26. The SMILES string of the molecule is CC(C)c1nnc(N2CCC(O)C2)o1. The summed E-state index contributed by atoms with van der Waals surface area (Å²) in [6.45, 7) is 5.41. The van der Waals surface area contributed by atoms with E-state index in [2.05, 4.69) is 10.2 Å². The summed E-state index contributed by atoms with van der Waals surface area (Å²) < 4.78 is 5.47. The van der Waals surface area contributed by atoms with Crippen LogP contribution in [0.25, 0.3) is 0 Å². The van der Waals surface area contributed by atoms with Crippen LogP contribution in [0.5, 0.6) is 0 Å². The largest absolute Gasteiger partial charge is 0.408 e. The lowest BCUT2D eigenvalue weighted by Gasteiger charge is -2.10. The minimum atomic E-state index is -0.260. The van der Waals surface area contributed by atoms with E-state index in [1.165, 1.54) is 0 Å². The van der Waals surface area contributed by atoms with Gasteiger partial charge >= 0.3 is 6.01 Å². The Kier molecular flexibility index (Phi) is 2.41. The fraction of sp³-hybridized carbons (Fsp3) is 0.778. The molecular weight excluding hydrogens is 182 g/mol. The van der Waals surface area contributed by atoms with Crippen molar-refractivity contribution in [1.82, 2.24) is 10.2 Å². The second kappa shape index (κ2) is 3.57. The Labute approximate surface area is 82.7 Å². The van der Waals surface area contributed by atoms with Gasteiger partial charge in [0.05, 0.1) is 6.10 Å². The van der Waals surface area contributed by atoms with E-state index >= 15 is 0 Å². The first-order chi connectivity index (χ1) is 6.66.